The number of likely N-dealkylation sites (tertiary alicyclic amines) is 1. The fraction of sp³-hybridized carbons (Fsp3) is 0.300. The van der Waals surface area contributed by atoms with Gasteiger partial charge in [0.1, 0.15) is 34.3 Å². The van der Waals surface area contributed by atoms with Gasteiger partial charge in [0, 0.05) is 18.2 Å². The zero-order valence-corrected chi connectivity index (χ0v) is 15.4. The van der Waals surface area contributed by atoms with Gasteiger partial charge in [0.05, 0.1) is 11.1 Å². The van der Waals surface area contributed by atoms with Crippen molar-refractivity contribution in [1.29, 1.82) is 0 Å². The molecule has 1 aliphatic carbocycles. The van der Waals surface area contributed by atoms with E-state index in [2.05, 4.69) is 0 Å². The first-order valence-electron chi connectivity index (χ1n) is 8.99. The molecule has 29 heavy (non-hydrogen) atoms. The Hall–Kier alpha value is -3.46. The molecule has 1 aromatic carbocycles. The highest BCUT2D eigenvalue weighted by Crippen LogP contribution is 2.39. The summed E-state index contributed by atoms with van der Waals surface area (Å²) in [5, 5.41) is 30.5. The lowest BCUT2D eigenvalue weighted by Gasteiger charge is -2.25. The molecule has 1 aliphatic heterocycles. The van der Waals surface area contributed by atoms with Crippen molar-refractivity contribution in [1.82, 2.24) is 4.90 Å². The Kier molecular flexibility index (Phi) is 4.27. The first-order chi connectivity index (χ1) is 13.7. The zero-order chi connectivity index (χ0) is 21.0. The Morgan fingerprint density at radius 3 is 2.62 bits per heavy atom. The summed E-state index contributed by atoms with van der Waals surface area (Å²) in [6.45, 7) is 1.65. The van der Waals surface area contributed by atoms with Crippen molar-refractivity contribution >= 4 is 34.3 Å². The average Bonchev–Trinajstić information content (AvgIpc) is 3.11. The Labute approximate surface area is 163 Å². The predicted octanol–water partition coefficient (Wildman–Crippen LogP) is 1.39. The molecule has 1 atom stereocenters. The zero-order valence-electron chi connectivity index (χ0n) is 15.4. The number of carbonyl (C=O) groups excluding carboxylic acids is 2. The third-order valence-corrected chi connectivity index (χ3v) is 5.37. The maximum absolute atomic E-state index is 12.7. The number of aryl methyl sites for hydroxylation is 1. The fourth-order valence-corrected chi connectivity index (χ4v) is 4.00. The van der Waals surface area contributed by atoms with Crippen LogP contribution in [0.3, 0.4) is 0 Å². The Morgan fingerprint density at radius 1 is 1.21 bits per heavy atom. The molecule has 4 rings (SSSR count). The van der Waals surface area contributed by atoms with E-state index in [1.807, 2.05) is 0 Å². The van der Waals surface area contributed by atoms with Gasteiger partial charge in [0.2, 0.25) is 11.6 Å². The monoisotopic (exact) mass is 399 g/mol. The quantitative estimate of drug-likeness (QED) is 0.652. The molecule has 0 amide bonds. The van der Waals surface area contributed by atoms with Crippen molar-refractivity contribution in [3.8, 4) is 5.75 Å². The van der Waals surface area contributed by atoms with E-state index in [9.17, 15) is 34.5 Å². The summed E-state index contributed by atoms with van der Waals surface area (Å²) >= 11 is 0. The van der Waals surface area contributed by atoms with E-state index in [0.717, 1.165) is 12.1 Å². The molecule has 0 bridgehead atoms. The van der Waals surface area contributed by atoms with Crippen LogP contribution >= 0.6 is 0 Å². The van der Waals surface area contributed by atoms with Crippen molar-refractivity contribution < 1.29 is 34.1 Å². The van der Waals surface area contributed by atoms with Gasteiger partial charge in [0.25, 0.3) is 0 Å². The number of fused-ring (bicyclic) bond motifs is 2. The number of Topliss-reactive ketones (excluding diaryl/α,β-unsaturated/α-hetero) is 2. The topological polar surface area (TPSA) is 145 Å². The van der Waals surface area contributed by atoms with Crippen molar-refractivity contribution in [2.24, 2.45) is 0 Å². The number of aliphatic hydroxyl groups is 1. The number of benzene rings is 1. The smallest absolute Gasteiger partial charge is 0.320 e. The number of phenols is 1. The molecule has 9 heteroatoms. The number of nitrogens with zero attached hydrogens (tertiary/aromatic N) is 1. The average molecular weight is 399 g/mol. The van der Waals surface area contributed by atoms with E-state index in [-0.39, 0.29) is 40.0 Å². The number of phenolic OH excluding ortho intramolecular Hbond substituents is 1. The summed E-state index contributed by atoms with van der Waals surface area (Å²) in [7, 11) is 0. The highest BCUT2D eigenvalue weighted by Gasteiger charge is 2.39. The molecule has 2 heterocycles. The standard InChI is InChI=1S/C20H17NO8/c1-8-5-12(22)15-13(29-8)6-9-14(19(15)26)16(23)10(18(25)17(9)24)7-21-4-2-3-11(21)20(27)28/h5-6,11,23,26H,2-4,7H2,1H3,(H,27,28)/t11-/m1/s1. The molecule has 0 saturated carbocycles. The lowest BCUT2D eigenvalue weighted by Crippen LogP contribution is -2.40. The molecule has 9 nitrogen and oxygen atoms in total. The molecule has 150 valence electrons. The molecular formula is C20H17NO8. The van der Waals surface area contributed by atoms with Crippen molar-refractivity contribution in [3.05, 3.63) is 44.8 Å². The number of ketones is 2. The van der Waals surface area contributed by atoms with Gasteiger partial charge in [-0.25, -0.2) is 0 Å². The molecule has 0 unspecified atom stereocenters. The minimum absolute atomic E-state index is 0.0749. The summed E-state index contributed by atoms with van der Waals surface area (Å²) in [4.78, 5) is 50.5. The number of hydrogen-bond acceptors (Lipinski definition) is 8. The van der Waals surface area contributed by atoms with E-state index in [1.165, 1.54) is 11.8 Å². The summed E-state index contributed by atoms with van der Waals surface area (Å²) in [5.41, 5.74) is -1.53. The highest BCUT2D eigenvalue weighted by atomic mass is 16.4. The third-order valence-electron chi connectivity index (χ3n) is 5.37. The maximum atomic E-state index is 12.7. The van der Waals surface area contributed by atoms with Gasteiger partial charge < -0.3 is 19.7 Å². The summed E-state index contributed by atoms with van der Waals surface area (Å²) in [6.07, 6.45) is 0.985. The number of rotatable bonds is 3. The van der Waals surface area contributed by atoms with Crippen LogP contribution in [0.5, 0.6) is 5.75 Å². The first-order valence-corrected chi connectivity index (χ1v) is 8.99. The van der Waals surface area contributed by atoms with Crippen LogP contribution in [-0.2, 0) is 9.59 Å². The Balaban J connectivity index is 1.91. The number of aliphatic hydroxyl groups excluding tert-OH is 1. The van der Waals surface area contributed by atoms with Gasteiger partial charge in [-0.1, -0.05) is 0 Å². The fourth-order valence-electron chi connectivity index (χ4n) is 4.00. The molecule has 0 spiro atoms. The van der Waals surface area contributed by atoms with E-state index in [0.29, 0.717) is 19.4 Å². The Bertz CT molecular complexity index is 1190. The molecule has 1 saturated heterocycles. The van der Waals surface area contributed by atoms with Gasteiger partial charge in [-0.05, 0) is 32.4 Å². The highest BCUT2D eigenvalue weighted by molar-refractivity contribution is 6.52. The predicted molar refractivity (Wildman–Crippen MR) is 100 cm³/mol. The summed E-state index contributed by atoms with van der Waals surface area (Å²) in [5.74, 6) is -4.05. The molecule has 3 N–H and O–H groups in total. The van der Waals surface area contributed by atoms with Gasteiger partial charge >= 0.3 is 5.97 Å². The lowest BCUT2D eigenvalue weighted by atomic mass is 9.86. The van der Waals surface area contributed by atoms with E-state index in [4.69, 9.17) is 4.42 Å². The van der Waals surface area contributed by atoms with Gasteiger partial charge in [0.15, 0.2) is 5.43 Å². The summed E-state index contributed by atoms with van der Waals surface area (Å²) in [6, 6.07) is 1.48. The SMILES string of the molecule is Cc1cc(=O)c2c(O)c3c(cc2o1)C(=O)C(=O)C(CN1CCC[C@@H]1C(=O)O)=C3O. The van der Waals surface area contributed by atoms with Crippen molar-refractivity contribution in [3.63, 3.8) is 0 Å². The largest absolute Gasteiger partial charge is 0.507 e. The van der Waals surface area contributed by atoms with Crippen molar-refractivity contribution in [2.45, 2.75) is 25.8 Å². The van der Waals surface area contributed by atoms with Crippen LogP contribution in [-0.4, -0.2) is 56.9 Å². The number of carboxylic acid groups (broad SMARTS) is 1. The molecule has 1 aromatic heterocycles. The van der Waals surface area contributed by atoms with Crippen LogP contribution in [0.1, 0.15) is 34.5 Å². The second kappa shape index (κ2) is 6.56. The molecular weight excluding hydrogens is 382 g/mol. The van der Waals surface area contributed by atoms with Crippen molar-refractivity contribution in [2.75, 3.05) is 13.1 Å². The second-order valence-electron chi connectivity index (χ2n) is 7.19. The first kappa shape index (κ1) is 18.9. The molecule has 0 radical (unpaired) electrons. The molecule has 2 aliphatic rings. The van der Waals surface area contributed by atoms with Gasteiger partial charge in [-0.3, -0.25) is 24.1 Å². The lowest BCUT2D eigenvalue weighted by molar-refractivity contribution is -0.142. The van der Waals surface area contributed by atoms with Crippen LogP contribution < -0.4 is 5.43 Å². The van der Waals surface area contributed by atoms with Crippen LogP contribution in [0.15, 0.2) is 26.9 Å². The van der Waals surface area contributed by atoms with Crippen LogP contribution in [0.2, 0.25) is 0 Å². The summed E-state index contributed by atoms with van der Waals surface area (Å²) < 4.78 is 5.39. The Morgan fingerprint density at radius 2 is 1.93 bits per heavy atom. The van der Waals surface area contributed by atoms with Crippen LogP contribution in [0.25, 0.3) is 16.7 Å². The van der Waals surface area contributed by atoms with Crippen LogP contribution in [0.4, 0.5) is 0 Å². The second-order valence-corrected chi connectivity index (χ2v) is 7.19. The number of aromatic hydroxyl groups is 1. The third kappa shape index (κ3) is 2.82. The normalized spacial score (nSPS) is 19.8. The number of carboxylic acids is 1. The minimum atomic E-state index is -1.06. The maximum Gasteiger partial charge on any atom is 0.320 e. The van der Waals surface area contributed by atoms with Crippen LogP contribution in [0, 0.1) is 6.92 Å². The van der Waals surface area contributed by atoms with E-state index >= 15 is 0 Å². The van der Waals surface area contributed by atoms with Gasteiger partial charge in [-0.2, -0.15) is 0 Å². The number of hydrogen-bond donors (Lipinski definition) is 3. The number of carbonyl (C=O) groups is 3. The van der Waals surface area contributed by atoms with Gasteiger partial charge in [-0.15, -0.1) is 0 Å². The molecule has 1 fully saturated rings. The van der Waals surface area contributed by atoms with E-state index in [1.54, 1.807) is 0 Å². The minimum Gasteiger partial charge on any atom is -0.507 e. The number of aliphatic carboxylic acids is 1. The van der Waals surface area contributed by atoms with E-state index < -0.39 is 40.5 Å². The molecule has 2 aromatic rings.